The first-order chi connectivity index (χ1) is 13.7. The van der Waals surface area contributed by atoms with E-state index < -0.39 is 12.2 Å². The Balaban J connectivity index is 1.51. The van der Waals surface area contributed by atoms with Crippen LogP contribution < -0.4 is 0 Å². The fourth-order valence-corrected chi connectivity index (χ4v) is 8.74. The SMILES string of the molecule is CC(C)CCC[C@H](C)[C@H]1CC[C@@H]2[C@@H]3CC=C4[C@@H](O)[C@H](O)CC[C@]4(C)[C@H]3CC[C@@]21C. The predicted octanol–water partition coefficient (Wildman–Crippen LogP) is 6.36. The third-order valence-corrected chi connectivity index (χ3v) is 10.4. The van der Waals surface area contributed by atoms with Gasteiger partial charge in [-0.25, -0.2) is 0 Å². The van der Waals surface area contributed by atoms with Gasteiger partial charge in [0.05, 0.1) is 6.10 Å². The average Bonchev–Trinajstić information content (AvgIpc) is 3.02. The molecule has 4 aliphatic rings. The second-order valence-electron chi connectivity index (χ2n) is 12.3. The first kappa shape index (κ1) is 21.9. The van der Waals surface area contributed by atoms with E-state index in [4.69, 9.17) is 0 Å². The van der Waals surface area contributed by atoms with Gasteiger partial charge < -0.3 is 10.2 Å². The van der Waals surface area contributed by atoms with Crippen LogP contribution in [0.2, 0.25) is 0 Å². The molecule has 2 N–H and O–H groups in total. The van der Waals surface area contributed by atoms with E-state index in [0.29, 0.717) is 11.3 Å². The minimum Gasteiger partial charge on any atom is -0.390 e. The minimum absolute atomic E-state index is 0.115. The first-order valence-corrected chi connectivity index (χ1v) is 12.7. The van der Waals surface area contributed by atoms with Gasteiger partial charge in [0.1, 0.15) is 6.10 Å². The molecule has 0 radical (unpaired) electrons. The molecule has 0 unspecified atom stereocenters. The molecule has 0 heterocycles. The van der Waals surface area contributed by atoms with E-state index in [9.17, 15) is 10.2 Å². The number of aliphatic hydroxyl groups excluding tert-OH is 2. The van der Waals surface area contributed by atoms with Crippen molar-refractivity contribution in [2.45, 2.75) is 111 Å². The number of aliphatic hydroxyl groups is 2. The molecule has 0 aliphatic heterocycles. The molecule has 29 heavy (non-hydrogen) atoms. The Bertz CT molecular complexity index is 624. The summed E-state index contributed by atoms with van der Waals surface area (Å²) in [6.07, 6.45) is 13.9. The van der Waals surface area contributed by atoms with Crippen LogP contribution in [0.25, 0.3) is 0 Å². The number of allylic oxidation sites excluding steroid dienone is 1. The summed E-state index contributed by atoms with van der Waals surface area (Å²) in [6, 6.07) is 0. The first-order valence-electron chi connectivity index (χ1n) is 12.7. The molecule has 0 bridgehead atoms. The maximum Gasteiger partial charge on any atom is 0.101 e. The second-order valence-corrected chi connectivity index (χ2v) is 12.3. The normalized spacial score (nSPS) is 47.9. The van der Waals surface area contributed by atoms with Gasteiger partial charge in [-0.2, -0.15) is 0 Å². The molecule has 9 atom stereocenters. The smallest absolute Gasteiger partial charge is 0.101 e. The molecule has 0 aromatic heterocycles. The van der Waals surface area contributed by atoms with E-state index in [0.717, 1.165) is 48.9 Å². The highest BCUT2D eigenvalue weighted by molar-refractivity contribution is 5.29. The zero-order valence-corrected chi connectivity index (χ0v) is 19.7. The van der Waals surface area contributed by atoms with E-state index in [1.54, 1.807) is 0 Å². The van der Waals surface area contributed by atoms with Gasteiger partial charge in [0, 0.05) is 0 Å². The van der Waals surface area contributed by atoms with Crippen molar-refractivity contribution in [2.24, 2.45) is 46.3 Å². The number of rotatable bonds is 5. The molecule has 2 heteroatoms. The van der Waals surface area contributed by atoms with E-state index >= 15 is 0 Å². The van der Waals surface area contributed by atoms with Gasteiger partial charge in [-0.1, -0.05) is 60.0 Å². The Morgan fingerprint density at radius 2 is 1.72 bits per heavy atom. The minimum atomic E-state index is -0.625. The molecular formula is C27H46O2. The lowest BCUT2D eigenvalue weighted by Gasteiger charge is -2.59. The Kier molecular flexibility index (Phi) is 6.01. The largest absolute Gasteiger partial charge is 0.390 e. The highest BCUT2D eigenvalue weighted by atomic mass is 16.3. The molecule has 2 nitrogen and oxygen atoms in total. The van der Waals surface area contributed by atoms with Gasteiger partial charge in [0.25, 0.3) is 0 Å². The standard InChI is InChI=1S/C27H46O2/c1-17(2)7-6-8-18(3)20-11-12-21-19-9-10-23-25(29)24(28)14-16-27(23,5)22(19)13-15-26(20,21)4/h10,17-22,24-25,28-29H,6-9,11-16H2,1-5H3/t18-,19-,20+,21+,22-,24+,25+,26+,27+/m0/s1. The van der Waals surface area contributed by atoms with Crippen LogP contribution >= 0.6 is 0 Å². The summed E-state index contributed by atoms with van der Waals surface area (Å²) in [4.78, 5) is 0. The van der Waals surface area contributed by atoms with Crippen LogP contribution in [-0.4, -0.2) is 22.4 Å². The van der Waals surface area contributed by atoms with Crippen molar-refractivity contribution in [1.29, 1.82) is 0 Å². The quantitative estimate of drug-likeness (QED) is 0.525. The third kappa shape index (κ3) is 3.55. The van der Waals surface area contributed by atoms with Gasteiger partial charge in [-0.05, 0) is 96.9 Å². The lowest BCUT2D eigenvalue weighted by Crippen LogP contribution is -2.53. The molecule has 0 aromatic carbocycles. The van der Waals surface area contributed by atoms with Crippen molar-refractivity contribution < 1.29 is 10.2 Å². The summed E-state index contributed by atoms with van der Waals surface area (Å²) in [5.41, 5.74) is 1.81. The van der Waals surface area contributed by atoms with E-state index in [1.165, 1.54) is 50.5 Å². The average molecular weight is 403 g/mol. The highest BCUT2D eigenvalue weighted by Crippen LogP contribution is 2.67. The summed E-state index contributed by atoms with van der Waals surface area (Å²) in [5.74, 6) is 4.95. The van der Waals surface area contributed by atoms with Crippen LogP contribution in [0.3, 0.4) is 0 Å². The van der Waals surface area contributed by atoms with Crippen molar-refractivity contribution in [3.63, 3.8) is 0 Å². The van der Waals surface area contributed by atoms with Crippen LogP contribution in [0.4, 0.5) is 0 Å². The van der Waals surface area contributed by atoms with Crippen LogP contribution in [0.5, 0.6) is 0 Å². The monoisotopic (exact) mass is 402 g/mol. The van der Waals surface area contributed by atoms with Crippen LogP contribution in [0.1, 0.15) is 98.8 Å². The molecule has 3 saturated carbocycles. The number of fused-ring (bicyclic) bond motifs is 5. The summed E-state index contributed by atoms with van der Waals surface area (Å²) in [6.45, 7) is 12.3. The van der Waals surface area contributed by atoms with Gasteiger partial charge in [0.15, 0.2) is 0 Å². The topological polar surface area (TPSA) is 40.5 Å². The lowest BCUT2D eigenvalue weighted by molar-refractivity contribution is -0.0801. The summed E-state index contributed by atoms with van der Waals surface area (Å²) in [5, 5.41) is 20.9. The van der Waals surface area contributed by atoms with E-state index in [1.807, 2.05) is 0 Å². The Hall–Kier alpha value is -0.340. The molecule has 4 rings (SSSR count). The Labute approximate surface area is 179 Å². The predicted molar refractivity (Wildman–Crippen MR) is 120 cm³/mol. The maximum absolute atomic E-state index is 10.7. The molecule has 4 aliphatic carbocycles. The fourth-order valence-electron chi connectivity index (χ4n) is 8.74. The van der Waals surface area contributed by atoms with Crippen molar-refractivity contribution in [3.8, 4) is 0 Å². The van der Waals surface area contributed by atoms with Crippen molar-refractivity contribution in [3.05, 3.63) is 11.6 Å². The van der Waals surface area contributed by atoms with E-state index in [2.05, 4.69) is 40.7 Å². The number of hydrogen-bond acceptors (Lipinski definition) is 2. The van der Waals surface area contributed by atoms with Gasteiger partial charge >= 0.3 is 0 Å². The molecule has 0 saturated heterocycles. The highest BCUT2D eigenvalue weighted by Gasteiger charge is 2.60. The molecule has 0 spiro atoms. The fraction of sp³-hybridized carbons (Fsp3) is 0.926. The van der Waals surface area contributed by atoms with Crippen molar-refractivity contribution in [2.75, 3.05) is 0 Å². The third-order valence-electron chi connectivity index (χ3n) is 10.4. The zero-order chi connectivity index (χ0) is 21.0. The van der Waals surface area contributed by atoms with E-state index in [-0.39, 0.29) is 5.41 Å². The second kappa shape index (κ2) is 7.97. The lowest BCUT2D eigenvalue weighted by atomic mass is 9.46. The Morgan fingerprint density at radius 3 is 2.45 bits per heavy atom. The summed E-state index contributed by atoms with van der Waals surface area (Å²) < 4.78 is 0. The van der Waals surface area contributed by atoms with Crippen LogP contribution in [-0.2, 0) is 0 Å². The van der Waals surface area contributed by atoms with Crippen LogP contribution in [0.15, 0.2) is 11.6 Å². The van der Waals surface area contributed by atoms with Gasteiger partial charge in [-0.15, -0.1) is 0 Å². The summed E-state index contributed by atoms with van der Waals surface area (Å²) >= 11 is 0. The van der Waals surface area contributed by atoms with Crippen molar-refractivity contribution in [1.82, 2.24) is 0 Å². The molecule has 3 fully saturated rings. The van der Waals surface area contributed by atoms with Gasteiger partial charge in [-0.3, -0.25) is 0 Å². The van der Waals surface area contributed by atoms with Gasteiger partial charge in [0.2, 0.25) is 0 Å². The summed E-state index contributed by atoms with van der Waals surface area (Å²) in [7, 11) is 0. The maximum atomic E-state index is 10.7. The molecule has 166 valence electrons. The molecule has 0 aromatic rings. The molecule has 0 amide bonds. The van der Waals surface area contributed by atoms with Crippen molar-refractivity contribution >= 4 is 0 Å². The zero-order valence-electron chi connectivity index (χ0n) is 19.7. The van der Waals surface area contributed by atoms with Crippen LogP contribution in [0, 0.1) is 46.3 Å². The number of hydrogen-bond donors (Lipinski definition) is 2. The Morgan fingerprint density at radius 1 is 0.966 bits per heavy atom. The molecular weight excluding hydrogens is 356 g/mol.